The fourth-order valence-corrected chi connectivity index (χ4v) is 2.24. The van der Waals surface area contributed by atoms with Crippen molar-refractivity contribution in [3.8, 4) is 11.3 Å². The molecule has 0 bridgehead atoms. The van der Waals surface area contributed by atoms with E-state index in [0.717, 1.165) is 5.56 Å². The van der Waals surface area contributed by atoms with Gasteiger partial charge in [0.2, 0.25) is 0 Å². The average Bonchev–Trinajstić information content (AvgIpc) is 2.96. The number of hydrogen-bond donors (Lipinski definition) is 1. The summed E-state index contributed by atoms with van der Waals surface area (Å²) in [6.07, 6.45) is 1.46. The van der Waals surface area contributed by atoms with Gasteiger partial charge in [-0.2, -0.15) is 9.61 Å². The number of aromatic nitrogens is 3. The molecule has 1 aromatic carbocycles. The van der Waals surface area contributed by atoms with Crippen LogP contribution in [0.1, 0.15) is 12.5 Å². The summed E-state index contributed by atoms with van der Waals surface area (Å²) in [5.41, 5.74) is 2.21. The van der Waals surface area contributed by atoms with Crippen LogP contribution in [0.3, 0.4) is 0 Å². The molecule has 0 atom stereocenters. The molecule has 112 valence electrons. The lowest BCUT2D eigenvalue weighted by molar-refractivity contribution is -0.142. The van der Waals surface area contributed by atoms with Crippen molar-refractivity contribution in [3.63, 3.8) is 0 Å². The Morgan fingerprint density at radius 2 is 2.09 bits per heavy atom. The number of carbonyl (C=O) groups excluding carboxylic acids is 1. The van der Waals surface area contributed by atoms with Gasteiger partial charge >= 0.3 is 5.97 Å². The lowest BCUT2D eigenvalue weighted by Crippen LogP contribution is -2.22. The van der Waals surface area contributed by atoms with Gasteiger partial charge in [-0.1, -0.05) is 30.3 Å². The van der Waals surface area contributed by atoms with Crippen molar-refractivity contribution in [1.82, 2.24) is 14.6 Å². The summed E-state index contributed by atoms with van der Waals surface area (Å²) in [6, 6.07) is 11.4. The van der Waals surface area contributed by atoms with Gasteiger partial charge in [0, 0.05) is 23.4 Å². The van der Waals surface area contributed by atoms with Crippen LogP contribution in [0.5, 0.6) is 0 Å². The van der Waals surface area contributed by atoms with Crippen molar-refractivity contribution in [2.75, 3.05) is 6.61 Å². The second kappa shape index (κ2) is 5.85. The number of benzene rings is 1. The molecule has 0 saturated heterocycles. The van der Waals surface area contributed by atoms with E-state index in [4.69, 9.17) is 4.74 Å². The highest BCUT2D eigenvalue weighted by Crippen LogP contribution is 2.17. The van der Waals surface area contributed by atoms with Crippen LogP contribution in [0.25, 0.3) is 16.9 Å². The van der Waals surface area contributed by atoms with Crippen LogP contribution in [-0.2, 0) is 16.0 Å². The molecule has 3 rings (SSSR count). The van der Waals surface area contributed by atoms with Crippen LogP contribution in [0, 0.1) is 0 Å². The molecule has 0 spiro atoms. The molecule has 6 heteroatoms. The number of nitrogens with one attached hydrogen (secondary N) is 1. The van der Waals surface area contributed by atoms with Crippen molar-refractivity contribution in [2.24, 2.45) is 0 Å². The van der Waals surface area contributed by atoms with Crippen molar-refractivity contribution in [3.05, 3.63) is 58.5 Å². The van der Waals surface area contributed by atoms with E-state index in [-0.39, 0.29) is 12.0 Å². The van der Waals surface area contributed by atoms with E-state index in [1.54, 1.807) is 13.0 Å². The Labute approximate surface area is 126 Å². The highest BCUT2D eigenvalue weighted by molar-refractivity contribution is 5.72. The predicted octanol–water partition coefficient (Wildman–Crippen LogP) is 1.80. The monoisotopic (exact) mass is 297 g/mol. The minimum absolute atomic E-state index is 0.0698. The normalized spacial score (nSPS) is 10.8. The Morgan fingerprint density at radius 3 is 2.82 bits per heavy atom. The summed E-state index contributed by atoms with van der Waals surface area (Å²) >= 11 is 0. The lowest BCUT2D eigenvalue weighted by Gasteiger charge is -2.01. The molecule has 0 fully saturated rings. The van der Waals surface area contributed by atoms with Gasteiger partial charge in [-0.05, 0) is 6.92 Å². The third-order valence-corrected chi connectivity index (χ3v) is 3.28. The van der Waals surface area contributed by atoms with Gasteiger partial charge in [0.25, 0.3) is 5.56 Å². The molecular formula is C16H15N3O3. The number of rotatable bonds is 4. The topological polar surface area (TPSA) is 76.5 Å². The summed E-state index contributed by atoms with van der Waals surface area (Å²) in [5, 5.41) is 4.32. The fourth-order valence-electron chi connectivity index (χ4n) is 2.24. The average molecular weight is 297 g/mol. The molecule has 0 unspecified atom stereocenters. The van der Waals surface area contributed by atoms with Gasteiger partial charge in [0.05, 0.1) is 18.7 Å². The first-order chi connectivity index (χ1) is 10.7. The molecule has 6 nitrogen and oxygen atoms in total. The van der Waals surface area contributed by atoms with Gasteiger partial charge in [-0.25, -0.2) is 0 Å². The summed E-state index contributed by atoms with van der Waals surface area (Å²) in [7, 11) is 0. The number of hydrogen-bond acceptors (Lipinski definition) is 4. The maximum absolute atomic E-state index is 12.4. The molecule has 1 N–H and O–H groups in total. The highest BCUT2D eigenvalue weighted by atomic mass is 16.5. The maximum Gasteiger partial charge on any atom is 0.310 e. The zero-order valence-electron chi connectivity index (χ0n) is 12.1. The number of esters is 1. The molecule has 3 aromatic rings. The SMILES string of the molecule is CCOC(=O)Cc1c[nH]c2cc(-c3ccccc3)nn2c1=O. The van der Waals surface area contributed by atoms with Gasteiger partial charge < -0.3 is 9.72 Å². The van der Waals surface area contributed by atoms with Crippen molar-refractivity contribution in [1.29, 1.82) is 0 Å². The highest BCUT2D eigenvalue weighted by Gasteiger charge is 2.13. The minimum Gasteiger partial charge on any atom is -0.466 e. The standard InChI is InChI=1S/C16H15N3O3/c1-2-22-15(20)8-12-10-17-14-9-13(18-19(14)16(12)21)11-6-4-3-5-7-11/h3-7,9-10,17H,2,8H2,1H3. The Bertz CT molecular complexity index is 865. The number of H-pyrrole nitrogens is 1. The van der Waals surface area contributed by atoms with Gasteiger partial charge in [-0.15, -0.1) is 0 Å². The Hall–Kier alpha value is -2.89. The molecule has 0 aliphatic heterocycles. The molecule has 2 aromatic heterocycles. The molecule has 0 aliphatic carbocycles. The first kappa shape index (κ1) is 14.1. The fraction of sp³-hybridized carbons (Fsp3) is 0.188. The molecular weight excluding hydrogens is 282 g/mol. The smallest absolute Gasteiger partial charge is 0.310 e. The van der Waals surface area contributed by atoms with Crippen LogP contribution < -0.4 is 5.56 Å². The zero-order chi connectivity index (χ0) is 15.5. The summed E-state index contributed by atoms with van der Waals surface area (Å²) in [6.45, 7) is 2.02. The largest absolute Gasteiger partial charge is 0.466 e. The molecule has 0 saturated carbocycles. The van der Waals surface area contributed by atoms with E-state index < -0.39 is 5.97 Å². The van der Waals surface area contributed by atoms with E-state index in [2.05, 4.69) is 10.1 Å². The number of ether oxygens (including phenoxy) is 1. The maximum atomic E-state index is 12.4. The Kier molecular flexibility index (Phi) is 3.74. The van der Waals surface area contributed by atoms with Crippen molar-refractivity contribution >= 4 is 11.6 Å². The third kappa shape index (κ3) is 2.63. The van der Waals surface area contributed by atoms with Crippen LogP contribution in [0.4, 0.5) is 0 Å². The summed E-state index contributed by atoms with van der Waals surface area (Å²) in [4.78, 5) is 26.9. The van der Waals surface area contributed by atoms with E-state index in [0.29, 0.717) is 23.5 Å². The van der Waals surface area contributed by atoms with Crippen LogP contribution in [-0.4, -0.2) is 27.2 Å². The van der Waals surface area contributed by atoms with E-state index in [1.165, 1.54) is 10.7 Å². The Balaban J connectivity index is 2.01. The van der Waals surface area contributed by atoms with Gasteiger partial charge in [0.1, 0.15) is 5.65 Å². The van der Waals surface area contributed by atoms with Gasteiger partial charge in [-0.3, -0.25) is 9.59 Å². The van der Waals surface area contributed by atoms with E-state index >= 15 is 0 Å². The summed E-state index contributed by atoms with van der Waals surface area (Å²) in [5.74, 6) is -0.428. The second-order valence-corrected chi connectivity index (χ2v) is 4.79. The number of fused-ring (bicyclic) bond motifs is 1. The third-order valence-electron chi connectivity index (χ3n) is 3.28. The molecule has 0 aliphatic rings. The van der Waals surface area contributed by atoms with E-state index in [1.807, 2.05) is 30.3 Å². The molecule has 2 heterocycles. The Morgan fingerprint density at radius 1 is 1.32 bits per heavy atom. The minimum atomic E-state index is -0.428. The summed E-state index contributed by atoms with van der Waals surface area (Å²) < 4.78 is 6.14. The lowest BCUT2D eigenvalue weighted by atomic mass is 10.2. The predicted molar refractivity (Wildman–Crippen MR) is 81.6 cm³/mol. The quantitative estimate of drug-likeness (QED) is 0.745. The molecule has 22 heavy (non-hydrogen) atoms. The number of carbonyl (C=O) groups is 1. The van der Waals surface area contributed by atoms with Crippen molar-refractivity contribution < 1.29 is 9.53 Å². The zero-order valence-corrected chi connectivity index (χ0v) is 12.1. The first-order valence-electron chi connectivity index (χ1n) is 7.00. The van der Waals surface area contributed by atoms with Crippen LogP contribution >= 0.6 is 0 Å². The van der Waals surface area contributed by atoms with E-state index in [9.17, 15) is 9.59 Å². The molecule has 0 amide bonds. The van der Waals surface area contributed by atoms with Crippen LogP contribution in [0.15, 0.2) is 47.4 Å². The number of nitrogens with zero attached hydrogens (tertiary/aromatic N) is 2. The first-order valence-corrected chi connectivity index (χ1v) is 7.00. The van der Waals surface area contributed by atoms with Crippen molar-refractivity contribution in [2.45, 2.75) is 13.3 Å². The van der Waals surface area contributed by atoms with Crippen LogP contribution in [0.2, 0.25) is 0 Å². The van der Waals surface area contributed by atoms with Gasteiger partial charge in [0.15, 0.2) is 0 Å². The molecule has 0 radical (unpaired) electrons. The number of aromatic amines is 1. The second-order valence-electron chi connectivity index (χ2n) is 4.79.